The largest absolute Gasteiger partial charge is 0.472 e. The Morgan fingerprint density at radius 3 is 1.53 bits per heavy atom. The van der Waals surface area contributed by atoms with Crippen LogP contribution in [0.1, 0.15) is 187 Å². The predicted molar refractivity (Wildman–Crippen MR) is 220 cm³/mol. The quantitative estimate of drug-likeness (QED) is 0.0216. The molecule has 10 heteroatoms. The lowest BCUT2D eigenvalue weighted by atomic mass is 10.0. The van der Waals surface area contributed by atoms with E-state index >= 15 is 0 Å². The minimum atomic E-state index is -4.37. The summed E-state index contributed by atoms with van der Waals surface area (Å²) in [6.07, 6.45) is 37.9. The number of unbranched alkanes of at least 4 members (excludes halogenated alkanes) is 21. The average molecular weight is 773 g/mol. The highest BCUT2D eigenvalue weighted by Crippen LogP contribution is 2.43. The van der Waals surface area contributed by atoms with Crippen molar-refractivity contribution in [1.82, 2.24) is 0 Å². The Bertz CT molecular complexity index is 964. The maximum Gasteiger partial charge on any atom is 0.472 e. The van der Waals surface area contributed by atoms with Crippen LogP contribution in [0.3, 0.4) is 0 Å². The fraction of sp³-hybridized carbons (Fsp3) is 0.860. The number of allylic oxidation sites excluding steroid dienone is 4. The molecule has 0 spiro atoms. The van der Waals surface area contributed by atoms with Crippen molar-refractivity contribution in [3.05, 3.63) is 24.3 Å². The van der Waals surface area contributed by atoms with E-state index in [0.29, 0.717) is 17.4 Å². The number of likely N-dealkylation sites (N-methyl/N-ethyl adjacent to an activating group) is 1. The second kappa shape index (κ2) is 36.1. The van der Waals surface area contributed by atoms with Crippen LogP contribution in [0.4, 0.5) is 0 Å². The molecule has 9 nitrogen and oxygen atoms in total. The topological polar surface area (TPSA) is 108 Å². The number of phosphoric acid groups is 1. The van der Waals surface area contributed by atoms with Crippen molar-refractivity contribution < 1.29 is 42.1 Å². The van der Waals surface area contributed by atoms with Crippen LogP contribution in [0.25, 0.3) is 0 Å². The van der Waals surface area contributed by atoms with Crippen LogP contribution in [0.2, 0.25) is 0 Å². The fourth-order valence-corrected chi connectivity index (χ4v) is 6.55. The van der Waals surface area contributed by atoms with Crippen molar-refractivity contribution in [3.8, 4) is 0 Å². The van der Waals surface area contributed by atoms with Gasteiger partial charge in [-0.05, 0) is 44.9 Å². The summed E-state index contributed by atoms with van der Waals surface area (Å²) in [7, 11) is 1.47. The zero-order valence-corrected chi connectivity index (χ0v) is 35.9. The molecule has 0 aromatic carbocycles. The molecule has 0 aliphatic rings. The molecule has 0 rings (SSSR count). The van der Waals surface area contributed by atoms with E-state index in [-0.39, 0.29) is 32.0 Å². The Morgan fingerprint density at radius 1 is 0.585 bits per heavy atom. The van der Waals surface area contributed by atoms with E-state index in [9.17, 15) is 19.0 Å². The van der Waals surface area contributed by atoms with Gasteiger partial charge in [-0.15, -0.1) is 0 Å². The Morgan fingerprint density at radius 2 is 1.02 bits per heavy atom. The first-order valence-electron chi connectivity index (χ1n) is 21.6. The molecule has 1 unspecified atom stereocenters. The molecule has 0 aliphatic heterocycles. The molecule has 2 atom stereocenters. The maximum atomic E-state index is 12.7. The highest BCUT2D eigenvalue weighted by atomic mass is 31.2. The number of esters is 2. The molecule has 312 valence electrons. The predicted octanol–water partition coefficient (Wildman–Crippen LogP) is 12.0. The van der Waals surface area contributed by atoms with E-state index in [4.69, 9.17) is 18.5 Å². The molecule has 0 aromatic rings. The van der Waals surface area contributed by atoms with Crippen LogP contribution < -0.4 is 0 Å². The van der Waals surface area contributed by atoms with Gasteiger partial charge in [0.15, 0.2) is 6.10 Å². The molecule has 0 radical (unpaired) electrons. The Hall–Kier alpha value is -1.51. The third-order valence-corrected chi connectivity index (χ3v) is 10.2. The number of ether oxygens (including phenoxy) is 2. The maximum absolute atomic E-state index is 12.7. The van der Waals surface area contributed by atoms with E-state index < -0.39 is 26.5 Å². The highest BCUT2D eigenvalue weighted by Gasteiger charge is 2.27. The summed E-state index contributed by atoms with van der Waals surface area (Å²) >= 11 is 0. The van der Waals surface area contributed by atoms with Gasteiger partial charge in [-0.3, -0.25) is 18.6 Å². The van der Waals surface area contributed by atoms with Gasteiger partial charge >= 0.3 is 19.8 Å². The van der Waals surface area contributed by atoms with Crippen molar-refractivity contribution in [2.24, 2.45) is 0 Å². The normalized spacial score (nSPS) is 13.8. The second-order valence-electron chi connectivity index (χ2n) is 15.7. The number of phosphoric ester groups is 1. The summed E-state index contributed by atoms with van der Waals surface area (Å²) in [5.74, 6) is -0.809. The van der Waals surface area contributed by atoms with Gasteiger partial charge in [-0.2, -0.15) is 0 Å². The summed E-state index contributed by atoms with van der Waals surface area (Å²) in [6.45, 7) is 4.39. The third kappa shape index (κ3) is 40.0. The molecular weight excluding hydrogens is 689 g/mol. The summed E-state index contributed by atoms with van der Waals surface area (Å²) in [4.78, 5) is 35.3. The average Bonchev–Trinajstić information content (AvgIpc) is 3.10. The van der Waals surface area contributed by atoms with Crippen LogP contribution in [0, 0.1) is 0 Å². The molecule has 0 bridgehead atoms. The van der Waals surface area contributed by atoms with Gasteiger partial charge in [0.25, 0.3) is 0 Å². The number of hydrogen-bond acceptors (Lipinski definition) is 7. The SMILES string of the molecule is CCCCC/C=C/C/C=C/CCCCCCCC(=O)OC[C@H](COP(=O)(O)OCC[N+](C)(C)C)OC(=O)CCCCCCCCCCCCCCCC. The molecule has 0 heterocycles. The molecule has 0 aromatic heterocycles. The molecule has 0 aliphatic carbocycles. The van der Waals surface area contributed by atoms with Crippen molar-refractivity contribution >= 4 is 19.8 Å². The monoisotopic (exact) mass is 773 g/mol. The van der Waals surface area contributed by atoms with Gasteiger partial charge in [0, 0.05) is 12.8 Å². The standard InChI is InChI=1S/C43H82NO8P/c1-6-8-10-12-14-16-18-20-22-24-25-27-29-31-33-35-42(45)49-39-41(40-51-53(47,48)50-38-37-44(3,4)5)52-43(46)36-34-32-30-28-26-23-21-19-17-15-13-11-9-7-2/h14,16,20,22,41H,6-13,15,17-19,21,23-40H2,1-5H3/p+1/b16-14+,22-20+/t41-/m1/s1. The highest BCUT2D eigenvalue weighted by molar-refractivity contribution is 7.47. The van der Waals surface area contributed by atoms with Crippen molar-refractivity contribution in [3.63, 3.8) is 0 Å². The molecule has 53 heavy (non-hydrogen) atoms. The first-order valence-corrected chi connectivity index (χ1v) is 23.1. The van der Waals surface area contributed by atoms with E-state index in [1.165, 1.54) is 96.3 Å². The van der Waals surface area contributed by atoms with Crippen LogP contribution in [0.5, 0.6) is 0 Å². The van der Waals surface area contributed by atoms with Crippen molar-refractivity contribution in [1.29, 1.82) is 0 Å². The third-order valence-electron chi connectivity index (χ3n) is 9.23. The minimum absolute atomic E-state index is 0.0311. The van der Waals surface area contributed by atoms with Gasteiger partial charge in [0.1, 0.15) is 19.8 Å². The van der Waals surface area contributed by atoms with Crippen molar-refractivity contribution in [2.45, 2.75) is 193 Å². The van der Waals surface area contributed by atoms with Gasteiger partial charge in [0.2, 0.25) is 0 Å². The summed E-state index contributed by atoms with van der Waals surface area (Å²) in [5, 5.41) is 0. The molecule has 0 saturated carbocycles. The summed E-state index contributed by atoms with van der Waals surface area (Å²) < 4.78 is 34.3. The smallest absolute Gasteiger partial charge is 0.462 e. The second-order valence-corrected chi connectivity index (χ2v) is 17.2. The van der Waals surface area contributed by atoms with Gasteiger partial charge < -0.3 is 18.9 Å². The fourth-order valence-electron chi connectivity index (χ4n) is 5.81. The Labute approximate surface area is 326 Å². The van der Waals surface area contributed by atoms with E-state index in [0.717, 1.165) is 57.8 Å². The van der Waals surface area contributed by atoms with Crippen LogP contribution in [0.15, 0.2) is 24.3 Å². The summed E-state index contributed by atoms with van der Waals surface area (Å²) in [5.41, 5.74) is 0. The molecule has 1 N–H and O–H groups in total. The van der Waals surface area contributed by atoms with Crippen LogP contribution in [-0.4, -0.2) is 74.9 Å². The van der Waals surface area contributed by atoms with E-state index in [1.54, 1.807) is 0 Å². The lowest BCUT2D eigenvalue weighted by Gasteiger charge is -2.24. The summed E-state index contributed by atoms with van der Waals surface area (Å²) in [6, 6.07) is 0. The number of rotatable bonds is 39. The number of quaternary nitrogens is 1. The lowest BCUT2D eigenvalue weighted by molar-refractivity contribution is -0.870. The van der Waals surface area contributed by atoms with Crippen LogP contribution >= 0.6 is 7.82 Å². The van der Waals surface area contributed by atoms with Gasteiger partial charge in [-0.1, -0.05) is 154 Å². The zero-order chi connectivity index (χ0) is 39.3. The zero-order valence-electron chi connectivity index (χ0n) is 35.0. The molecular formula is C43H83NO8P+. The van der Waals surface area contributed by atoms with Gasteiger partial charge in [-0.25, -0.2) is 4.57 Å². The van der Waals surface area contributed by atoms with Crippen molar-refractivity contribution in [2.75, 3.05) is 47.5 Å². The van der Waals surface area contributed by atoms with Gasteiger partial charge in [0.05, 0.1) is 27.7 Å². The Balaban J connectivity index is 4.38. The molecule has 0 amide bonds. The molecule has 0 saturated heterocycles. The molecule has 0 fully saturated rings. The van der Waals surface area contributed by atoms with Crippen LogP contribution in [-0.2, 0) is 32.7 Å². The van der Waals surface area contributed by atoms with E-state index in [1.807, 2.05) is 21.1 Å². The lowest BCUT2D eigenvalue weighted by Crippen LogP contribution is -2.37. The number of carbonyl (C=O) groups is 2. The number of carbonyl (C=O) groups excluding carboxylic acids is 2. The number of nitrogens with zero attached hydrogens (tertiary/aromatic N) is 1. The first-order chi connectivity index (χ1) is 25.5. The minimum Gasteiger partial charge on any atom is -0.462 e. The number of hydrogen-bond donors (Lipinski definition) is 1. The Kier molecular flexibility index (Phi) is 35.1. The van der Waals surface area contributed by atoms with E-state index in [2.05, 4.69) is 38.2 Å². The first kappa shape index (κ1) is 51.5.